The first-order valence-corrected chi connectivity index (χ1v) is 9.61. The molecule has 2 N–H and O–H groups in total. The Morgan fingerprint density at radius 2 is 1.95 bits per heavy atom. The smallest absolute Gasteiger partial charge is 0.240 e. The molecule has 0 aliphatic carbocycles. The highest BCUT2D eigenvalue weighted by Crippen LogP contribution is 2.22. The van der Waals surface area contributed by atoms with Crippen molar-refractivity contribution in [2.24, 2.45) is 0 Å². The maximum atomic E-state index is 12.0. The van der Waals surface area contributed by atoms with Crippen molar-refractivity contribution in [2.75, 3.05) is 18.8 Å². The summed E-state index contributed by atoms with van der Waals surface area (Å²) in [6.07, 6.45) is 0. The van der Waals surface area contributed by atoms with Gasteiger partial charge in [0.1, 0.15) is 0 Å². The molecule has 124 valence electrons. The Labute approximate surface area is 141 Å². The molecule has 0 atom stereocenters. The molecule has 0 bridgehead atoms. The third kappa shape index (κ3) is 7.49. The van der Waals surface area contributed by atoms with Crippen LogP contribution in [0.4, 0.5) is 0 Å². The Morgan fingerprint density at radius 1 is 1.27 bits per heavy atom. The molecule has 1 rings (SSSR count). The lowest BCUT2D eigenvalue weighted by Crippen LogP contribution is -2.35. The highest BCUT2D eigenvalue weighted by atomic mass is 35.5. The van der Waals surface area contributed by atoms with Crippen molar-refractivity contribution in [1.82, 2.24) is 10.0 Å². The predicted octanol–water partition coefficient (Wildman–Crippen LogP) is 2.27. The lowest BCUT2D eigenvalue weighted by molar-refractivity contribution is -0.118. The quantitative estimate of drug-likeness (QED) is 0.728. The summed E-state index contributed by atoms with van der Waals surface area (Å²) in [7, 11) is -3.61. The second kappa shape index (κ2) is 8.19. The normalized spacial score (nSPS) is 12.2. The predicted molar refractivity (Wildman–Crippen MR) is 91.9 cm³/mol. The average Bonchev–Trinajstić information content (AvgIpc) is 2.41. The Balaban J connectivity index is 2.36. The number of thioether (sulfide) groups is 1. The van der Waals surface area contributed by atoms with Crippen LogP contribution in [0, 0.1) is 0 Å². The van der Waals surface area contributed by atoms with E-state index in [0.29, 0.717) is 10.8 Å². The van der Waals surface area contributed by atoms with Crippen molar-refractivity contribution in [3.8, 4) is 0 Å². The highest BCUT2D eigenvalue weighted by molar-refractivity contribution is 8.01. The zero-order valence-corrected chi connectivity index (χ0v) is 15.2. The number of carbonyl (C=O) groups is 1. The molecular formula is C14H21ClN2O3S2. The van der Waals surface area contributed by atoms with Gasteiger partial charge in [0.15, 0.2) is 0 Å². The van der Waals surface area contributed by atoms with E-state index in [1.807, 2.05) is 20.8 Å². The van der Waals surface area contributed by atoms with E-state index in [1.54, 1.807) is 12.1 Å². The zero-order chi connectivity index (χ0) is 16.8. The maximum Gasteiger partial charge on any atom is 0.240 e. The molecule has 0 spiro atoms. The van der Waals surface area contributed by atoms with E-state index in [2.05, 4.69) is 10.0 Å². The Kier molecular flexibility index (Phi) is 7.18. The van der Waals surface area contributed by atoms with Gasteiger partial charge in [0, 0.05) is 22.9 Å². The van der Waals surface area contributed by atoms with E-state index in [9.17, 15) is 13.2 Å². The van der Waals surface area contributed by atoms with Crippen LogP contribution >= 0.6 is 23.4 Å². The number of hydrogen-bond donors (Lipinski definition) is 2. The molecule has 5 nitrogen and oxygen atoms in total. The molecule has 0 unspecified atom stereocenters. The van der Waals surface area contributed by atoms with Crippen LogP contribution in [0.3, 0.4) is 0 Å². The van der Waals surface area contributed by atoms with Gasteiger partial charge in [-0.05, 0) is 18.2 Å². The van der Waals surface area contributed by atoms with E-state index < -0.39 is 10.0 Å². The summed E-state index contributed by atoms with van der Waals surface area (Å²) in [5, 5.41) is 3.03. The van der Waals surface area contributed by atoms with Crippen LogP contribution in [0.25, 0.3) is 0 Å². The average molecular weight is 365 g/mol. The molecule has 8 heteroatoms. The molecule has 0 fully saturated rings. The topological polar surface area (TPSA) is 75.3 Å². The van der Waals surface area contributed by atoms with E-state index in [0.717, 1.165) is 0 Å². The van der Waals surface area contributed by atoms with Crippen molar-refractivity contribution in [3.05, 3.63) is 29.3 Å². The van der Waals surface area contributed by atoms with E-state index in [-0.39, 0.29) is 28.6 Å². The zero-order valence-electron chi connectivity index (χ0n) is 12.8. The number of benzene rings is 1. The van der Waals surface area contributed by atoms with Crippen molar-refractivity contribution >= 4 is 39.3 Å². The number of hydrogen-bond acceptors (Lipinski definition) is 4. The molecule has 0 aromatic heterocycles. The molecule has 22 heavy (non-hydrogen) atoms. The van der Waals surface area contributed by atoms with Crippen LogP contribution in [0.1, 0.15) is 20.8 Å². The summed E-state index contributed by atoms with van der Waals surface area (Å²) in [6.45, 7) is 6.46. The van der Waals surface area contributed by atoms with Crippen LogP contribution in [0.2, 0.25) is 5.02 Å². The number of halogens is 1. The number of nitrogens with one attached hydrogen (secondary N) is 2. The van der Waals surface area contributed by atoms with Gasteiger partial charge in [-0.2, -0.15) is 0 Å². The third-order valence-corrected chi connectivity index (χ3v) is 5.45. The lowest BCUT2D eigenvalue weighted by atomic mass is 10.3. The molecule has 0 heterocycles. The second-order valence-electron chi connectivity index (χ2n) is 5.61. The first kappa shape index (κ1) is 19.3. The molecule has 0 saturated carbocycles. The summed E-state index contributed by atoms with van der Waals surface area (Å²) in [4.78, 5) is 11.7. The van der Waals surface area contributed by atoms with Gasteiger partial charge in [0.2, 0.25) is 15.9 Å². The molecule has 1 aromatic rings. The van der Waals surface area contributed by atoms with Gasteiger partial charge in [-0.3, -0.25) is 4.79 Å². The summed E-state index contributed by atoms with van der Waals surface area (Å²) < 4.78 is 26.4. The first-order chi connectivity index (χ1) is 10.1. The van der Waals surface area contributed by atoms with Crippen molar-refractivity contribution in [1.29, 1.82) is 0 Å². The maximum absolute atomic E-state index is 12.0. The fourth-order valence-electron chi connectivity index (χ4n) is 1.44. The minimum absolute atomic E-state index is 0.0194. The number of carbonyl (C=O) groups excluding carboxylic acids is 1. The van der Waals surface area contributed by atoms with Crippen LogP contribution in [-0.2, 0) is 14.8 Å². The van der Waals surface area contributed by atoms with Crippen LogP contribution in [0.5, 0.6) is 0 Å². The van der Waals surface area contributed by atoms with E-state index in [4.69, 9.17) is 11.6 Å². The minimum atomic E-state index is -3.61. The highest BCUT2D eigenvalue weighted by Gasteiger charge is 2.15. The largest absolute Gasteiger partial charge is 0.354 e. The van der Waals surface area contributed by atoms with E-state index >= 15 is 0 Å². The number of amides is 1. The fourth-order valence-corrected chi connectivity index (χ4v) is 3.44. The van der Waals surface area contributed by atoms with Crippen molar-refractivity contribution in [3.63, 3.8) is 0 Å². The molecular weight excluding hydrogens is 344 g/mol. The van der Waals surface area contributed by atoms with Crippen LogP contribution in [0.15, 0.2) is 29.2 Å². The molecule has 1 amide bonds. The standard InChI is InChI=1S/C14H21ClN2O3S2/c1-14(2,3)21-10-13(18)16-7-8-17-22(19,20)12-6-4-5-11(15)9-12/h4-6,9,17H,7-8,10H2,1-3H3,(H,16,18). The fraction of sp³-hybridized carbons (Fsp3) is 0.500. The van der Waals surface area contributed by atoms with Gasteiger partial charge in [0.05, 0.1) is 10.6 Å². The van der Waals surface area contributed by atoms with Crippen LogP contribution in [-0.4, -0.2) is 37.9 Å². The van der Waals surface area contributed by atoms with Gasteiger partial charge < -0.3 is 5.32 Å². The third-order valence-electron chi connectivity index (χ3n) is 2.48. The van der Waals surface area contributed by atoms with Gasteiger partial charge in [0.25, 0.3) is 0 Å². The van der Waals surface area contributed by atoms with Gasteiger partial charge in [-0.15, -0.1) is 11.8 Å². The van der Waals surface area contributed by atoms with E-state index in [1.165, 1.54) is 23.9 Å². The molecule has 1 aromatic carbocycles. The van der Waals surface area contributed by atoms with Gasteiger partial charge in [-0.25, -0.2) is 13.1 Å². The summed E-state index contributed by atoms with van der Waals surface area (Å²) in [5.74, 6) is 0.242. The molecule has 0 saturated heterocycles. The first-order valence-electron chi connectivity index (χ1n) is 6.76. The number of sulfonamides is 1. The SMILES string of the molecule is CC(C)(C)SCC(=O)NCCNS(=O)(=O)c1cccc(Cl)c1. The molecule has 0 aliphatic heterocycles. The van der Waals surface area contributed by atoms with Crippen molar-refractivity contribution in [2.45, 2.75) is 30.4 Å². The molecule has 0 radical (unpaired) electrons. The van der Waals surface area contributed by atoms with Gasteiger partial charge >= 0.3 is 0 Å². The lowest BCUT2D eigenvalue weighted by Gasteiger charge is -2.17. The van der Waals surface area contributed by atoms with Crippen LogP contribution < -0.4 is 10.0 Å². The second-order valence-corrected chi connectivity index (χ2v) is 9.61. The Morgan fingerprint density at radius 3 is 2.55 bits per heavy atom. The van der Waals surface area contributed by atoms with Gasteiger partial charge in [-0.1, -0.05) is 38.4 Å². The minimum Gasteiger partial charge on any atom is -0.354 e. The summed E-state index contributed by atoms with van der Waals surface area (Å²) >= 11 is 7.31. The molecule has 0 aliphatic rings. The Hall–Kier alpha value is -0.760. The van der Waals surface area contributed by atoms with Crippen molar-refractivity contribution < 1.29 is 13.2 Å². The number of rotatable bonds is 7. The monoisotopic (exact) mass is 364 g/mol. The Bertz CT molecular complexity index is 613. The summed E-state index contributed by atoms with van der Waals surface area (Å²) in [6, 6.07) is 6.02. The summed E-state index contributed by atoms with van der Waals surface area (Å²) in [5.41, 5.74) is 0.